The zero-order chi connectivity index (χ0) is 20.5. The van der Waals surface area contributed by atoms with Crippen LogP contribution in [-0.4, -0.2) is 31.1 Å². The van der Waals surface area contributed by atoms with Gasteiger partial charge in [0.2, 0.25) is 5.91 Å². The molecule has 2 aromatic carbocycles. The molecule has 2 aromatic rings. The van der Waals surface area contributed by atoms with E-state index in [1.807, 2.05) is 6.92 Å². The Morgan fingerprint density at radius 2 is 1.75 bits per heavy atom. The molecule has 28 heavy (non-hydrogen) atoms. The van der Waals surface area contributed by atoms with Gasteiger partial charge >= 0.3 is 0 Å². The minimum Gasteiger partial charge on any atom is -0.506 e. The van der Waals surface area contributed by atoms with Crippen molar-refractivity contribution in [1.82, 2.24) is 0 Å². The van der Waals surface area contributed by atoms with Crippen LogP contribution in [0.2, 0.25) is 0 Å². The highest BCUT2D eigenvalue weighted by Crippen LogP contribution is 2.38. The molecule has 0 aromatic heterocycles. The fraction of sp³-hybridized carbons (Fsp3) is 0.300. The van der Waals surface area contributed by atoms with E-state index in [4.69, 9.17) is 0 Å². The van der Waals surface area contributed by atoms with Gasteiger partial charge in [0, 0.05) is 17.2 Å². The maximum Gasteiger partial charge on any atom is 0.255 e. The number of aromatic hydroxyl groups is 1. The van der Waals surface area contributed by atoms with Crippen molar-refractivity contribution in [3.63, 3.8) is 0 Å². The number of anilines is 2. The van der Waals surface area contributed by atoms with E-state index in [2.05, 4.69) is 10.6 Å². The lowest BCUT2D eigenvalue weighted by molar-refractivity contribution is -0.117. The maximum atomic E-state index is 12.4. The lowest BCUT2D eigenvalue weighted by atomic mass is 10.1. The summed E-state index contributed by atoms with van der Waals surface area (Å²) in [5.41, 5.74) is 0.917. The van der Waals surface area contributed by atoms with Gasteiger partial charge in [-0.25, -0.2) is 8.42 Å². The number of amides is 2. The lowest BCUT2D eigenvalue weighted by Crippen LogP contribution is -2.15. The summed E-state index contributed by atoms with van der Waals surface area (Å²) >= 11 is 0. The van der Waals surface area contributed by atoms with E-state index in [1.165, 1.54) is 25.1 Å². The van der Waals surface area contributed by atoms with Crippen LogP contribution in [0.5, 0.6) is 5.75 Å². The Morgan fingerprint density at radius 3 is 2.32 bits per heavy atom. The number of nitrogens with one attached hydrogen (secondary N) is 2. The Balaban J connectivity index is 1.71. The Hall–Kier alpha value is -2.87. The SMILES string of the molecule is CCS(=O)(=O)c1ccc(O)c(NC(=O)c2ccc(NC(=O)C3CC3C)cc2)c1. The maximum absolute atomic E-state index is 12.4. The molecule has 0 heterocycles. The van der Waals surface area contributed by atoms with Gasteiger partial charge in [-0.3, -0.25) is 9.59 Å². The number of phenols is 1. The van der Waals surface area contributed by atoms with E-state index in [1.54, 1.807) is 24.3 Å². The van der Waals surface area contributed by atoms with E-state index in [-0.39, 0.29) is 33.9 Å². The molecular weight excluding hydrogens is 380 g/mol. The van der Waals surface area contributed by atoms with Gasteiger partial charge in [-0.2, -0.15) is 0 Å². The van der Waals surface area contributed by atoms with Crippen molar-refractivity contribution in [2.45, 2.75) is 25.2 Å². The molecule has 148 valence electrons. The molecule has 2 unspecified atom stereocenters. The minimum absolute atomic E-state index is 0.0135. The van der Waals surface area contributed by atoms with Crippen molar-refractivity contribution >= 4 is 33.0 Å². The molecule has 2 amide bonds. The summed E-state index contributed by atoms with van der Waals surface area (Å²) in [6, 6.07) is 10.1. The van der Waals surface area contributed by atoms with Gasteiger partial charge in [0.25, 0.3) is 5.91 Å². The van der Waals surface area contributed by atoms with Crippen LogP contribution < -0.4 is 10.6 Å². The first-order chi connectivity index (χ1) is 13.2. The third-order valence-electron chi connectivity index (χ3n) is 4.82. The molecule has 2 atom stereocenters. The van der Waals surface area contributed by atoms with Crippen LogP contribution in [0.1, 0.15) is 30.6 Å². The number of hydrogen-bond acceptors (Lipinski definition) is 5. The Labute approximate surface area is 163 Å². The number of hydrogen-bond donors (Lipinski definition) is 3. The van der Waals surface area contributed by atoms with Crippen molar-refractivity contribution < 1.29 is 23.1 Å². The first kappa shape index (κ1) is 19.9. The van der Waals surface area contributed by atoms with Crippen molar-refractivity contribution in [3.8, 4) is 5.75 Å². The summed E-state index contributed by atoms with van der Waals surface area (Å²) in [6.45, 7) is 3.54. The summed E-state index contributed by atoms with van der Waals surface area (Å²) in [5.74, 6) is -0.384. The lowest BCUT2D eigenvalue weighted by Gasteiger charge is -2.10. The monoisotopic (exact) mass is 402 g/mol. The molecule has 7 nitrogen and oxygen atoms in total. The second kappa shape index (κ2) is 7.63. The van der Waals surface area contributed by atoms with Gasteiger partial charge < -0.3 is 15.7 Å². The quantitative estimate of drug-likeness (QED) is 0.643. The molecule has 1 saturated carbocycles. The average Bonchev–Trinajstić information content (AvgIpc) is 3.40. The van der Waals surface area contributed by atoms with Gasteiger partial charge in [0.05, 0.1) is 16.3 Å². The van der Waals surface area contributed by atoms with Gasteiger partial charge in [0.1, 0.15) is 5.75 Å². The molecule has 0 saturated heterocycles. The van der Waals surface area contributed by atoms with E-state index < -0.39 is 15.7 Å². The Bertz CT molecular complexity index is 1020. The molecule has 8 heteroatoms. The van der Waals surface area contributed by atoms with E-state index in [0.29, 0.717) is 17.2 Å². The molecule has 0 spiro atoms. The molecule has 0 aliphatic heterocycles. The first-order valence-corrected chi connectivity index (χ1v) is 10.6. The normalized spacial score (nSPS) is 18.4. The molecular formula is C20H22N2O5S. The number of phenolic OH excluding ortho intramolecular Hbond substituents is 1. The summed E-state index contributed by atoms with van der Waals surface area (Å²) < 4.78 is 24.0. The smallest absolute Gasteiger partial charge is 0.255 e. The highest BCUT2D eigenvalue weighted by atomic mass is 32.2. The third kappa shape index (κ3) is 4.33. The topological polar surface area (TPSA) is 113 Å². The van der Waals surface area contributed by atoms with Crippen LogP contribution in [0.4, 0.5) is 11.4 Å². The van der Waals surface area contributed by atoms with E-state index in [9.17, 15) is 23.1 Å². The second-order valence-corrected chi connectivity index (χ2v) is 9.20. The third-order valence-corrected chi connectivity index (χ3v) is 6.55. The Kier molecular flexibility index (Phi) is 5.42. The van der Waals surface area contributed by atoms with Gasteiger partial charge in [-0.15, -0.1) is 0 Å². The van der Waals surface area contributed by atoms with Gasteiger partial charge in [-0.05, 0) is 54.8 Å². The first-order valence-electron chi connectivity index (χ1n) is 8.99. The van der Waals surface area contributed by atoms with E-state index >= 15 is 0 Å². The summed E-state index contributed by atoms with van der Waals surface area (Å²) in [7, 11) is -3.46. The van der Waals surface area contributed by atoms with Crippen LogP contribution in [0.25, 0.3) is 0 Å². The molecule has 1 fully saturated rings. The van der Waals surface area contributed by atoms with Gasteiger partial charge in [0.15, 0.2) is 9.84 Å². The fourth-order valence-corrected chi connectivity index (χ4v) is 3.70. The van der Waals surface area contributed by atoms with Crippen LogP contribution in [0.3, 0.4) is 0 Å². The van der Waals surface area contributed by atoms with Crippen LogP contribution in [0, 0.1) is 11.8 Å². The molecule has 0 bridgehead atoms. The van der Waals surface area contributed by atoms with Crippen molar-refractivity contribution in [2.75, 3.05) is 16.4 Å². The fourth-order valence-electron chi connectivity index (χ4n) is 2.80. The van der Waals surface area contributed by atoms with Crippen LogP contribution in [-0.2, 0) is 14.6 Å². The standard InChI is InChI=1S/C20H22N2O5S/c1-3-28(26,27)15-8-9-18(23)17(11-15)22-19(24)13-4-6-14(7-5-13)21-20(25)16-10-12(16)2/h4-9,11-12,16,23H,3,10H2,1-2H3,(H,21,25)(H,22,24). The highest BCUT2D eigenvalue weighted by Gasteiger charge is 2.39. The zero-order valence-electron chi connectivity index (χ0n) is 15.6. The predicted molar refractivity (Wildman–Crippen MR) is 106 cm³/mol. The zero-order valence-corrected chi connectivity index (χ0v) is 16.4. The molecule has 3 rings (SSSR count). The summed E-state index contributed by atoms with van der Waals surface area (Å²) in [5, 5.41) is 15.3. The number of rotatable bonds is 6. The number of carbonyl (C=O) groups is 2. The molecule has 1 aliphatic rings. The Morgan fingerprint density at radius 1 is 1.11 bits per heavy atom. The van der Waals surface area contributed by atoms with Crippen molar-refractivity contribution in [3.05, 3.63) is 48.0 Å². The largest absolute Gasteiger partial charge is 0.506 e. The summed E-state index contributed by atoms with van der Waals surface area (Å²) in [4.78, 5) is 24.4. The second-order valence-electron chi connectivity index (χ2n) is 6.92. The molecule has 3 N–H and O–H groups in total. The average molecular weight is 402 g/mol. The number of benzene rings is 2. The molecule has 0 radical (unpaired) electrons. The van der Waals surface area contributed by atoms with E-state index in [0.717, 1.165) is 6.42 Å². The summed E-state index contributed by atoms with van der Waals surface area (Å²) in [6.07, 6.45) is 0.891. The molecule has 1 aliphatic carbocycles. The number of sulfone groups is 1. The van der Waals surface area contributed by atoms with Crippen molar-refractivity contribution in [1.29, 1.82) is 0 Å². The highest BCUT2D eigenvalue weighted by molar-refractivity contribution is 7.91. The predicted octanol–water partition coefficient (Wildman–Crippen LogP) is 3.03. The minimum atomic E-state index is -3.46. The number of carbonyl (C=O) groups excluding carboxylic acids is 2. The van der Waals surface area contributed by atoms with Crippen LogP contribution >= 0.6 is 0 Å². The van der Waals surface area contributed by atoms with Crippen molar-refractivity contribution in [2.24, 2.45) is 11.8 Å². The van der Waals surface area contributed by atoms with Gasteiger partial charge in [-0.1, -0.05) is 13.8 Å². The van der Waals surface area contributed by atoms with Crippen LogP contribution in [0.15, 0.2) is 47.4 Å².